The van der Waals surface area contributed by atoms with E-state index in [-0.39, 0.29) is 23.2 Å². The van der Waals surface area contributed by atoms with E-state index < -0.39 is 5.91 Å². The molecular weight excluding hydrogens is 364 g/mol. The third kappa shape index (κ3) is 3.82. The molecule has 1 amide bonds. The van der Waals surface area contributed by atoms with Crippen LogP contribution in [-0.4, -0.2) is 44.0 Å². The molecule has 2 aromatic heterocycles. The van der Waals surface area contributed by atoms with Crippen LogP contribution in [0.5, 0.6) is 5.75 Å². The van der Waals surface area contributed by atoms with Gasteiger partial charge >= 0.3 is 0 Å². The van der Waals surface area contributed by atoms with E-state index in [0.29, 0.717) is 18.1 Å². The molecule has 11 nitrogen and oxygen atoms in total. The number of nitrogen functional groups attached to an aromatic ring is 1. The molecule has 0 saturated heterocycles. The molecule has 0 aliphatic carbocycles. The number of ether oxygens (including phenoxy) is 1. The minimum atomic E-state index is -0.518. The molecule has 28 heavy (non-hydrogen) atoms. The quantitative estimate of drug-likeness (QED) is 0.460. The lowest BCUT2D eigenvalue weighted by molar-refractivity contribution is 0.0948. The molecule has 3 aromatic rings. The molecule has 0 bridgehead atoms. The highest BCUT2D eigenvalue weighted by atomic mass is 16.6. The van der Waals surface area contributed by atoms with E-state index in [1.165, 1.54) is 10.9 Å². The van der Waals surface area contributed by atoms with Crippen molar-refractivity contribution >= 4 is 17.9 Å². The Bertz CT molecular complexity index is 992. The maximum Gasteiger partial charge on any atom is 0.293 e. The Kier molecular flexibility index (Phi) is 5.63. The number of rotatable bonds is 7. The van der Waals surface area contributed by atoms with Crippen LogP contribution in [0.1, 0.15) is 48.4 Å². The lowest BCUT2D eigenvalue weighted by Gasteiger charge is -2.08. The molecule has 0 saturated carbocycles. The summed E-state index contributed by atoms with van der Waals surface area (Å²) >= 11 is 0. The van der Waals surface area contributed by atoms with Gasteiger partial charge in [0.25, 0.3) is 5.91 Å². The second-order valence-electron chi connectivity index (χ2n) is 6.03. The summed E-state index contributed by atoms with van der Waals surface area (Å²) < 4.78 is 11.5. The Morgan fingerprint density at radius 1 is 1.39 bits per heavy atom. The van der Waals surface area contributed by atoms with Crippen LogP contribution in [0.2, 0.25) is 0 Å². The van der Waals surface area contributed by atoms with Crippen molar-refractivity contribution in [2.75, 3.05) is 12.3 Å². The normalized spacial score (nSPS) is 11.3. The fourth-order valence-electron chi connectivity index (χ4n) is 2.55. The zero-order chi connectivity index (χ0) is 20.1. The van der Waals surface area contributed by atoms with Crippen LogP contribution >= 0.6 is 0 Å². The molecule has 0 unspecified atom stereocenters. The molecule has 0 aliphatic heterocycles. The van der Waals surface area contributed by atoms with Gasteiger partial charge in [-0.25, -0.2) is 10.1 Å². The largest absolute Gasteiger partial charge is 0.493 e. The van der Waals surface area contributed by atoms with Gasteiger partial charge in [-0.2, -0.15) is 9.78 Å². The number of nitrogens with zero attached hydrogens (tertiary/aromatic N) is 6. The Morgan fingerprint density at radius 2 is 2.18 bits per heavy atom. The molecule has 11 heteroatoms. The van der Waals surface area contributed by atoms with Crippen molar-refractivity contribution in [2.24, 2.45) is 5.10 Å². The van der Waals surface area contributed by atoms with Crippen molar-refractivity contribution in [3.05, 3.63) is 41.2 Å². The summed E-state index contributed by atoms with van der Waals surface area (Å²) in [4.78, 5) is 12.6. The summed E-state index contributed by atoms with van der Waals surface area (Å²) in [6.07, 6.45) is 1.50. The summed E-state index contributed by atoms with van der Waals surface area (Å²) in [6.45, 7) is 6.19. The van der Waals surface area contributed by atoms with Gasteiger partial charge in [0.15, 0.2) is 5.69 Å². The van der Waals surface area contributed by atoms with Gasteiger partial charge in [0, 0.05) is 5.56 Å². The van der Waals surface area contributed by atoms with Crippen LogP contribution in [0.4, 0.5) is 5.82 Å². The number of nitrogens with two attached hydrogens (primary N) is 1. The fraction of sp³-hybridized carbons (Fsp3) is 0.294. The number of carbonyl (C=O) groups excluding carboxylic acids is 1. The number of benzene rings is 1. The standard InChI is InChI=1S/C17H20N8O3/c1-4-27-12-8-6-5-7-11(12)9-19-21-17(26)13-14(10(2)3)25(24-20-13)16-15(18)22-28-23-16/h5-10H,4H2,1-3H3,(H2,18,22)(H,21,26). The van der Waals surface area contributed by atoms with Gasteiger partial charge in [0.05, 0.1) is 18.5 Å². The van der Waals surface area contributed by atoms with Gasteiger partial charge < -0.3 is 10.5 Å². The molecule has 0 atom stereocenters. The first-order valence-electron chi connectivity index (χ1n) is 8.62. The molecule has 0 fully saturated rings. The number of amides is 1. The molecule has 3 N–H and O–H groups in total. The van der Waals surface area contributed by atoms with Crippen molar-refractivity contribution in [1.29, 1.82) is 0 Å². The molecule has 2 heterocycles. The van der Waals surface area contributed by atoms with Crippen molar-refractivity contribution in [1.82, 2.24) is 30.7 Å². The number of nitrogens with one attached hydrogen (secondary N) is 1. The van der Waals surface area contributed by atoms with E-state index in [9.17, 15) is 4.79 Å². The van der Waals surface area contributed by atoms with E-state index in [4.69, 9.17) is 10.5 Å². The summed E-state index contributed by atoms with van der Waals surface area (Å²) in [7, 11) is 0. The molecular formula is C17H20N8O3. The summed E-state index contributed by atoms with van der Waals surface area (Å²) in [6, 6.07) is 7.37. The molecule has 0 radical (unpaired) electrons. The topological polar surface area (TPSA) is 146 Å². The fourth-order valence-corrected chi connectivity index (χ4v) is 2.55. The minimum Gasteiger partial charge on any atom is -0.493 e. The highest BCUT2D eigenvalue weighted by molar-refractivity contribution is 5.94. The Morgan fingerprint density at radius 3 is 2.86 bits per heavy atom. The number of para-hydroxylation sites is 1. The molecule has 0 aliphatic rings. The molecule has 3 rings (SSSR count). The summed E-state index contributed by atoms with van der Waals surface area (Å²) in [5.74, 6) is 0.268. The van der Waals surface area contributed by atoms with Gasteiger partial charge in [-0.05, 0) is 35.3 Å². The summed E-state index contributed by atoms with van der Waals surface area (Å²) in [5.41, 5.74) is 9.52. The number of hydrazone groups is 1. The molecule has 1 aromatic carbocycles. The van der Waals surface area contributed by atoms with E-state index in [1.54, 1.807) is 0 Å². The average molecular weight is 384 g/mol. The monoisotopic (exact) mass is 384 g/mol. The lowest BCUT2D eigenvalue weighted by Crippen LogP contribution is -2.21. The first kappa shape index (κ1) is 19.0. The van der Waals surface area contributed by atoms with Crippen LogP contribution < -0.4 is 15.9 Å². The number of hydrogen-bond acceptors (Lipinski definition) is 9. The van der Waals surface area contributed by atoms with Crippen LogP contribution in [-0.2, 0) is 0 Å². The van der Waals surface area contributed by atoms with Gasteiger partial charge in [-0.3, -0.25) is 4.79 Å². The highest BCUT2D eigenvalue weighted by Gasteiger charge is 2.25. The van der Waals surface area contributed by atoms with Crippen molar-refractivity contribution in [3.63, 3.8) is 0 Å². The SMILES string of the molecule is CCOc1ccccc1C=NNC(=O)c1nnn(-c2nonc2N)c1C(C)C. The van der Waals surface area contributed by atoms with Gasteiger partial charge in [0.1, 0.15) is 5.75 Å². The van der Waals surface area contributed by atoms with Gasteiger partial charge in [-0.1, -0.05) is 31.2 Å². The molecule has 146 valence electrons. The van der Waals surface area contributed by atoms with Crippen LogP contribution in [0.15, 0.2) is 34.0 Å². The van der Waals surface area contributed by atoms with Crippen molar-refractivity contribution in [2.45, 2.75) is 26.7 Å². The second kappa shape index (κ2) is 8.29. The van der Waals surface area contributed by atoms with E-state index in [0.717, 1.165) is 5.56 Å². The second-order valence-corrected chi connectivity index (χ2v) is 6.03. The Balaban J connectivity index is 1.82. The minimum absolute atomic E-state index is 0.0457. The van der Waals surface area contributed by atoms with Crippen LogP contribution in [0, 0.1) is 0 Å². The number of hydrogen-bond donors (Lipinski definition) is 2. The maximum atomic E-state index is 12.6. The summed E-state index contributed by atoms with van der Waals surface area (Å²) in [5, 5.41) is 19.1. The third-order valence-corrected chi connectivity index (χ3v) is 3.75. The van der Waals surface area contributed by atoms with Crippen LogP contribution in [0.25, 0.3) is 5.82 Å². The first-order valence-corrected chi connectivity index (χ1v) is 8.62. The lowest BCUT2D eigenvalue weighted by atomic mass is 10.1. The van der Waals surface area contributed by atoms with Crippen LogP contribution in [0.3, 0.4) is 0 Å². The predicted molar refractivity (Wildman–Crippen MR) is 100 cm³/mol. The predicted octanol–water partition coefficient (Wildman–Crippen LogP) is 1.52. The van der Waals surface area contributed by atoms with E-state index in [2.05, 4.69) is 35.8 Å². The zero-order valence-electron chi connectivity index (χ0n) is 15.7. The van der Waals surface area contributed by atoms with E-state index >= 15 is 0 Å². The van der Waals surface area contributed by atoms with Gasteiger partial charge in [-0.15, -0.1) is 5.10 Å². The van der Waals surface area contributed by atoms with Gasteiger partial charge in [0.2, 0.25) is 11.6 Å². The van der Waals surface area contributed by atoms with E-state index in [1.807, 2.05) is 45.0 Å². The average Bonchev–Trinajstić information content (AvgIpc) is 3.29. The molecule has 0 spiro atoms. The van der Waals surface area contributed by atoms with Crippen molar-refractivity contribution < 1.29 is 14.2 Å². The number of carbonyl (C=O) groups is 1. The third-order valence-electron chi connectivity index (χ3n) is 3.75. The van der Waals surface area contributed by atoms with Crippen molar-refractivity contribution in [3.8, 4) is 11.6 Å². The smallest absolute Gasteiger partial charge is 0.293 e. The highest BCUT2D eigenvalue weighted by Crippen LogP contribution is 2.22. The number of anilines is 1. The number of aromatic nitrogens is 5. The zero-order valence-corrected chi connectivity index (χ0v) is 15.7. The Hall–Kier alpha value is -3.76. The first-order chi connectivity index (χ1) is 13.5. The maximum absolute atomic E-state index is 12.6. The Labute approximate surface area is 160 Å².